The predicted octanol–water partition coefficient (Wildman–Crippen LogP) is 11.9. The fraction of sp³-hybridized carbons (Fsp3) is 0. The molecule has 0 aliphatic heterocycles. The fourth-order valence-electron chi connectivity index (χ4n) is 7.75. The lowest BCUT2D eigenvalue weighted by atomic mass is 9.97. The maximum Gasteiger partial charge on any atom is 0.211 e. The molecular formula is C44H24N4O. The minimum Gasteiger partial charge on any atom is -0.455 e. The molecule has 0 spiro atoms. The van der Waals surface area contributed by atoms with Gasteiger partial charge in [-0.25, -0.2) is 4.85 Å². The van der Waals surface area contributed by atoms with E-state index in [1.165, 1.54) is 0 Å². The highest BCUT2D eigenvalue weighted by Gasteiger charge is 2.22. The van der Waals surface area contributed by atoms with E-state index in [2.05, 4.69) is 86.8 Å². The van der Waals surface area contributed by atoms with Crippen molar-refractivity contribution in [3.05, 3.63) is 163 Å². The van der Waals surface area contributed by atoms with Gasteiger partial charge >= 0.3 is 0 Å². The van der Waals surface area contributed by atoms with E-state index in [4.69, 9.17) is 11.0 Å². The van der Waals surface area contributed by atoms with Crippen molar-refractivity contribution in [3.63, 3.8) is 0 Å². The molecule has 0 radical (unpaired) electrons. The Morgan fingerprint density at radius 2 is 1.20 bits per heavy atom. The molecule has 10 rings (SSSR count). The Morgan fingerprint density at radius 3 is 1.92 bits per heavy atom. The van der Waals surface area contributed by atoms with Crippen LogP contribution in [0, 0.1) is 17.9 Å². The van der Waals surface area contributed by atoms with Gasteiger partial charge in [0, 0.05) is 38.2 Å². The van der Waals surface area contributed by atoms with Crippen LogP contribution in [0.3, 0.4) is 0 Å². The van der Waals surface area contributed by atoms with Crippen LogP contribution in [0.4, 0.5) is 5.69 Å². The third kappa shape index (κ3) is 3.73. The van der Waals surface area contributed by atoms with Crippen LogP contribution in [0.25, 0.3) is 92.9 Å². The average Bonchev–Trinajstić information content (AvgIpc) is 3.82. The molecule has 3 heterocycles. The van der Waals surface area contributed by atoms with Crippen LogP contribution in [0.2, 0.25) is 0 Å². The van der Waals surface area contributed by atoms with Gasteiger partial charge in [-0.3, -0.25) is 0 Å². The van der Waals surface area contributed by atoms with Gasteiger partial charge < -0.3 is 13.6 Å². The zero-order chi connectivity index (χ0) is 32.6. The first-order chi connectivity index (χ1) is 24.2. The number of para-hydroxylation sites is 5. The molecule has 0 saturated carbocycles. The third-order valence-electron chi connectivity index (χ3n) is 9.79. The quantitative estimate of drug-likeness (QED) is 0.184. The van der Waals surface area contributed by atoms with Crippen molar-refractivity contribution < 1.29 is 4.42 Å². The first-order valence-electron chi connectivity index (χ1n) is 16.1. The van der Waals surface area contributed by atoms with Gasteiger partial charge in [-0.05, 0) is 54.1 Å². The zero-order valence-corrected chi connectivity index (χ0v) is 26.1. The highest BCUT2D eigenvalue weighted by atomic mass is 16.3. The topological polar surface area (TPSA) is 51.1 Å². The Balaban J connectivity index is 1.23. The number of furan rings is 1. The Hall–Kier alpha value is -7.08. The molecule has 49 heavy (non-hydrogen) atoms. The van der Waals surface area contributed by atoms with Crippen LogP contribution in [0.5, 0.6) is 0 Å². The Labute approximate surface area is 280 Å². The highest BCUT2D eigenvalue weighted by Crippen LogP contribution is 2.44. The van der Waals surface area contributed by atoms with Crippen LogP contribution in [0.1, 0.15) is 5.56 Å². The van der Waals surface area contributed by atoms with E-state index in [-0.39, 0.29) is 0 Å². The van der Waals surface area contributed by atoms with Crippen LogP contribution >= 0.6 is 0 Å². The third-order valence-corrected chi connectivity index (χ3v) is 9.79. The van der Waals surface area contributed by atoms with E-state index in [0.717, 1.165) is 88.1 Å². The molecule has 0 aliphatic rings. The first kappa shape index (κ1) is 27.1. The van der Waals surface area contributed by atoms with Gasteiger partial charge in [0.15, 0.2) is 0 Å². The maximum atomic E-state index is 10.7. The molecule has 0 N–H and O–H groups in total. The molecule has 5 heteroatoms. The Bertz CT molecular complexity index is 3030. The van der Waals surface area contributed by atoms with Crippen molar-refractivity contribution in [2.75, 3.05) is 0 Å². The van der Waals surface area contributed by atoms with Crippen molar-refractivity contribution in [3.8, 4) is 28.6 Å². The van der Waals surface area contributed by atoms with E-state index in [9.17, 15) is 5.26 Å². The van der Waals surface area contributed by atoms with Gasteiger partial charge in [0.2, 0.25) is 5.69 Å². The van der Waals surface area contributed by atoms with Crippen molar-refractivity contribution in [2.45, 2.75) is 0 Å². The lowest BCUT2D eigenvalue weighted by Crippen LogP contribution is -2.00. The molecule has 0 bridgehead atoms. The normalized spacial score (nSPS) is 11.6. The molecule has 0 amide bonds. The molecule has 0 fully saturated rings. The number of nitrogens with zero attached hydrogens (tertiary/aromatic N) is 4. The summed E-state index contributed by atoms with van der Waals surface area (Å²) in [7, 11) is 0. The monoisotopic (exact) mass is 624 g/mol. The summed E-state index contributed by atoms with van der Waals surface area (Å²) in [6, 6.07) is 51.7. The summed E-state index contributed by atoms with van der Waals surface area (Å²) in [4.78, 5) is 3.98. The molecule has 5 nitrogen and oxygen atoms in total. The number of fused-ring (bicyclic) bond motifs is 10. The molecule has 226 valence electrons. The van der Waals surface area contributed by atoms with E-state index in [0.29, 0.717) is 11.3 Å². The van der Waals surface area contributed by atoms with Gasteiger partial charge in [0.25, 0.3) is 0 Å². The van der Waals surface area contributed by atoms with E-state index in [1.807, 2.05) is 78.9 Å². The molecular weight excluding hydrogens is 601 g/mol. The van der Waals surface area contributed by atoms with Gasteiger partial charge in [-0.15, -0.1) is 0 Å². The van der Waals surface area contributed by atoms with Gasteiger partial charge in [-0.2, -0.15) is 5.26 Å². The van der Waals surface area contributed by atoms with E-state index in [1.54, 1.807) is 0 Å². The Kier molecular flexibility index (Phi) is 5.64. The standard InChI is InChI=1S/C44H24N4O/c1-46-36-16-10-15-33(43(36)48-37-17-6-2-11-30(37)31-12-3-7-18-38(31)48)29-22-21-28(25-27(29)26-45)47-39-19-8-4-14-35(39)42-40(47)24-23-34-32-13-5-9-20-41(32)49-44(34)42/h2-25H. The molecule has 10 aromatic rings. The van der Waals surface area contributed by atoms with Gasteiger partial charge in [0.1, 0.15) is 11.2 Å². The van der Waals surface area contributed by atoms with Crippen molar-refractivity contribution in [1.29, 1.82) is 5.26 Å². The summed E-state index contributed by atoms with van der Waals surface area (Å²) in [5.41, 5.74) is 10.1. The minimum atomic E-state index is 0.522. The Morgan fingerprint density at radius 1 is 0.551 bits per heavy atom. The van der Waals surface area contributed by atoms with Gasteiger partial charge in [-0.1, -0.05) is 97.1 Å². The molecule has 0 atom stereocenters. The predicted molar refractivity (Wildman–Crippen MR) is 199 cm³/mol. The average molecular weight is 625 g/mol. The van der Waals surface area contributed by atoms with Crippen LogP contribution in [-0.2, 0) is 0 Å². The summed E-state index contributed by atoms with van der Waals surface area (Å²) >= 11 is 0. The van der Waals surface area contributed by atoms with E-state index < -0.39 is 0 Å². The summed E-state index contributed by atoms with van der Waals surface area (Å²) in [5, 5.41) is 17.2. The summed E-state index contributed by atoms with van der Waals surface area (Å²) < 4.78 is 10.9. The maximum absolute atomic E-state index is 10.7. The molecule has 0 unspecified atom stereocenters. The lowest BCUT2D eigenvalue weighted by Gasteiger charge is -2.18. The summed E-state index contributed by atoms with van der Waals surface area (Å²) in [6.45, 7) is 8.17. The van der Waals surface area contributed by atoms with Gasteiger partial charge in [0.05, 0.1) is 51.3 Å². The summed E-state index contributed by atoms with van der Waals surface area (Å²) in [6.07, 6.45) is 0. The van der Waals surface area contributed by atoms with Crippen LogP contribution in [0.15, 0.2) is 150 Å². The smallest absolute Gasteiger partial charge is 0.211 e. The largest absolute Gasteiger partial charge is 0.455 e. The number of nitriles is 1. The number of hydrogen-bond donors (Lipinski definition) is 0. The molecule has 0 aliphatic carbocycles. The number of aromatic nitrogens is 2. The highest BCUT2D eigenvalue weighted by molar-refractivity contribution is 6.23. The van der Waals surface area contributed by atoms with Crippen molar-refractivity contribution in [1.82, 2.24) is 9.13 Å². The second kappa shape index (κ2) is 10.2. The molecule has 7 aromatic carbocycles. The number of hydrogen-bond acceptors (Lipinski definition) is 2. The van der Waals surface area contributed by atoms with Crippen molar-refractivity contribution in [2.24, 2.45) is 0 Å². The summed E-state index contributed by atoms with van der Waals surface area (Å²) in [5.74, 6) is 0. The second-order valence-electron chi connectivity index (χ2n) is 12.3. The zero-order valence-electron chi connectivity index (χ0n) is 26.1. The van der Waals surface area contributed by atoms with E-state index >= 15 is 0 Å². The lowest BCUT2D eigenvalue weighted by molar-refractivity contribution is 0.673. The number of benzene rings is 7. The minimum absolute atomic E-state index is 0.522. The first-order valence-corrected chi connectivity index (χ1v) is 16.1. The SMILES string of the molecule is [C-]#[N+]c1cccc(-c2ccc(-n3c4ccccc4c4c5oc6ccccc6c5ccc43)cc2C#N)c1-n1c2ccccc2c2ccccc21. The van der Waals surface area contributed by atoms with Crippen LogP contribution in [-0.4, -0.2) is 9.13 Å². The second-order valence-corrected chi connectivity index (χ2v) is 12.3. The molecule has 3 aromatic heterocycles. The molecule has 0 saturated heterocycles. The fourth-order valence-corrected chi connectivity index (χ4v) is 7.75. The van der Waals surface area contributed by atoms with Crippen molar-refractivity contribution >= 4 is 71.2 Å². The number of rotatable bonds is 3. The van der Waals surface area contributed by atoms with Crippen LogP contribution < -0.4 is 0 Å².